The van der Waals surface area contributed by atoms with Crippen LogP contribution in [0.5, 0.6) is 0 Å². The predicted octanol–water partition coefficient (Wildman–Crippen LogP) is 2.26. The zero-order valence-electron chi connectivity index (χ0n) is 11.8. The van der Waals surface area contributed by atoms with Crippen LogP contribution in [-0.2, 0) is 14.3 Å². The zero-order chi connectivity index (χ0) is 14.3. The van der Waals surface area contributed by atoms with Crippen LogP contribution >= 0.6 is 0 Å². The summed E-state index contributed by atoms with van der Waals surface area (Å²) in [5.41, 5.74) is -0.586. The molecule has 1 amide bonds. The lowest BCUT2D eigenvalue weighted by Gasteiger charge is -2.26. The minimum atomic E-state index is -0.721. The SMILES string of the molecule is C=CCOC(=O)N[C@H](C(=O)OC(C)(C)C)C(C)C. The molecule has 0 rings (SSSR count). The van der Waals surface area contributed by atoms with Crippen molar-refractivity contribution in [2.75, 3.05) is 6.61 Å². The van der Waals surface area contributed by atoms with Crippen LogP contribution in [0.1, 0.15) is 34.6 Å². The maximum atomic E-state index is 11.9. The smallest absolute Gasteiger partial charge is 0.408 e. The molecule has 18 heavy (non-hydrogen) atoms. The summed E-state index contributed by atoms with van der Waals surface area (Å²) in [5.74, 6) is -0.552. The van der Waals surface area contributed by atoms with Gasteiger partial charge >= 0.3 is 12.1 Å². The first kappa shape index (κ1) is 16.5. The second kappa shape index (κ2) is 7.03. The molecule has 0 aliphatic rings. The normalized spacial score (nSPS) is 12.8. The molecule has 0 unspecified atom stereocenters. The lowest BCUT2D eigenvalue weighted by atomic mass is 10.0. The number of esters is 1. The minimum Gasteiger partial charge on any atom is -0.458 e. The molecule has 0 saturated carbocycles. The number of ether oxygens (including phenoxy) is 2. The molecule has 0 saturated heterocycles. The molecule has 0 aromatic carbocycles. The van der Waals surface area contributed by atoms with Crippen LogP contribution < -0.4 is 5.32 Å². The molecule has 0 aromatic heterocycles. The fraction of sp³-hybridized carbons (Fsp3) is 0.692. The number of carbonyl (C=O) groups is 2. The molecular formula is C13H23NO4. The number of nitrogens with one attached hydrogen (secondary N) is 1. The Morgan fingerprint density at radius 3 is 2.28 bits per heavy atom. The lowest BCUT2D eigenvalue weighted by Crippen LogP contribution is -2.47. The van der Waals surface area contributed by atoms with Crippen molar-refractivity contribution < 1.29 is 19.1 Å². The third-order valence-electron chi connectivity index (χ3n) is 1.93. The van der Waals surface area contributed by atoms with E-state index in [1.54, 1.807) is 20.8 Å². The Morgan fingerprint density at radius 1 is 1.33 bits per heavy atom. The topological polar surface area (TPSA) is 64.6 Å². The van der Waals surface area contributed by atoms with E-state index >= 15 is 0 Å². The lowest BCUT2D eigenvalue weighted by molar-refractivity contribution is -0.158. The molecule has 5 nitrogen and oxygen atoms in total. The van der Waals surface area contributed by atoms with Crippen molar-refractivity contribution in [3.05, 3.63) is 12.7 Å². The Balaban J connectivity index is 4.52. The highest BCUT2D eigenvalue weighted by molar-refractivity contribution is 5.81. The summed E-state index contributed by atoms with van der Waals surface area (Å²) < 4.78 is 10.0. The van der Waals surface area contributed by atoms with Gasteiger partial charge in [-0.1, -0.05) is 26.5 Å². The molecule has 0 aliphatic heterocycles. The molecular weight excluding hydrogens is 234 g/mol. The van der Waals surface area contributed by atoms with Crippen LogP contribution in [0.4, 0.5) is 4.79 Å². The molecule has 0 radical (unpaired) electrons. The van der Waals surface area contributed by atoms with Crippen LogP contribution in [0, 0.1) is 5.92 Å². The largest absolute Gasteiger partial charge is 0.458 e. The van der Waals surface area contributed by atoms with Crippen molar-refractivity contribution in [1.29, 1.82) is 0 Å². The molecule has 1 N–H and O–H groups in total. The Kier molecular flexibility index (Phi) is 6.44. The number of hydrogen-bond acceptors (Lipinski definition) is 4. The van der Waals surface area contributed by atoms with Gasteiger partial charge in [-0.3, -0.25) is 0 Å². The average molecular weight is 257 g/mol. The van der Waals surface area contributed by atoms with Crippen molar-refractivity contribution >= 4 is 12.1 Å². The third kappa shape index (κ3) is 6.93. The van der Waals surface area contributed by atoms with Crippen LogP contribution in [0.25, 0.3) is 0 Å². The van der Waals surface area contributed by atoms with E-state index in [1.807, 2.05) is 13.8 Å². The summed E-state index contributed by atoms with van der Waals surface area (Å²) in [6.45, 7) is 12.5. The Bertz CT molecular complexity index is 305. The van der Waals surface area contributed by atoms with E-state index in [1.165, 1.54) is 6.08 Å². The van der Waals surface area contributed by atoms with Gasteiger partial charge in [0.25, 0.3) is 0 Å². The van der Waals surface area contributed by atoms with E-state index < -0.39 is 23.7 Å². The number of carbonyl (C=O) groups excluding carboxylic acids is 2. The third-order valence-corrected chi connectivity index (χ3v) is 1.93. The van der Waals surface area contributed by atoms with E-state index in [0.717, 1.165) is 0 Å². The number of hydrogen-bond donors (Lipinski definition) is 1. The first-order valence-electron chi connectivity index (χ1n) is 5.94. The van der Waals surface area contributed by atoms with E-state index in [-0.39, 0.29) is 12.5 Å². The maximum absolute atomic E-state index is 11.9. The van der Waals surface area contributed by atoms with Gasteiger partial charge in [0.1, 0.15) is 18.2 Å². The summed E-state index contributed by atoms with van der Waals surface area (Å²) >= 11 is 0. The van der Waals surface area contributed by atoms with Crippen molar-refractivity contribution in [3.63, 3.8) is 0 Å². The Morgan fingerprint density at radius 2 is 1.89 bits per heavy atom. The molecule has 0 bridgehead atoms. The fourth-order valence-corrected chi connectivity index (χ4v) is 1.17. The summed E-state index contributed by atoms with van der Waals surface area (Å²) in [6, 6.07) is -0.721. The summed E-state index contributed by atoms with van der Waals surface area (Å²) in [5, 5.41) is 2.49. The van der Waals surface area contributed by atoms with Gasteiger partial charge in [-0.25, -0.2) is 9.59 Å². The zero-order valence-corrected chi connectivity index (χ0v) is 11.8. The number of amides is 1. The van der Waals surface area contributed by atoms with E-state index in [0.29, 0.717) is 0 Å². The monoisotopic (exact) mass is 257 g/mol. The summed E-state index contributed by atoms with van der Waals surface area (Å²) in [6.07, 6.45) is 0.803. The first-order valence-corrected chi connectivity index (χ1v) is 5.94. The second-order valence-electron chi connectivity index (χ2n) is 5.29. The van der Waals surface area contributed by atoms with Gasteiger partial charge in [-0.15, -0.1) is 0 Å². The van der Waals surface area contributed by atoms with Crippen molar-refractivity contribution in [3.8, 4) is 0 Å². The first-order chi connectivity index (χ1) is 8.17. The van der Waals surface area contributed by atoms with Gasteiger partial charge in [0.05, 0.1) is 0 Å². The van der Waals surface area contributed by atoms with E-state index in [2.05, 4.69) is 11.9 Å². The molecule has 0 fully saturated rings. The van der Waals surface area contributed by atoms with Gasteiger partial charge in [0.15, 0.2) is 0 Å². The van der Waals surface area contributed by atoms with Crippen molar-refractivity contribution in [1.82, 2.24) is 5.32 Å². The van der Waals surface area contributed by atoms with Crippen LogP contribution in [0.15, 0.2) is 12.7 Å². The fourth-order valence-electron chi connectivity index (χ4n) is 1.17. The van der Waals surface area contributed by atoms with E-state index in [4.69, 9.17) is 9.47 Å². The van der Waals surface area contributed by atoms with Crippen molar-refractivity contribution in [2.24, 2.45) is 5.92 Å². The Hall–Kier alpha value is -1.52. The molecule has 104 valence electrons. The predicted molar refractivity (Wildman–Crippen MR) is 69.2 cm³/mol. The number of alkyl carbamates (subject to hydrolysis) is 1. The number of rotatable bonds is 5. The highest BCUT2D eigenvalue weighted by Gasteiger charge is 2.29. The minimum absolute atomic E-state index is 0.0869. The van der Waals surface area contributed by atoms with Crippen molar-refractivity contribution in [2.45, 2.75) is 46.3 Å². The molecule has 1 atom stereocenters. The molecule has 5 heteroatoms. The van der Waals surface area contributed by atoms with Crippen LogP contribution in [0.2, 0.25) is 0 Å². The van der Waals surface area contributed by atoms with Gasteiger partial charge in [-0.05, 0) is 26.7 Å². The summed E-state index contributed by atoms with van der Waals surface area (Å²) in [7, 11) is 0. The van der Waals surface area contributed by atoms with Gasteiger partial charge in [0, 0.05) is 0 Å². The molecule has 0 aromatic rings. The summed E-state index contributed by atoms with van der Waals surface area (Å²) in [4.78, 5) is 23.3. The van der Waals surface area contributed by atoms with Crippen LogP contribution in [0.3, 0.4) is 0 Å². The van der Waals surface area contributed by atoms with E-state index in [9.17, 15) is 9.59 Å². The maximum Gasteiger partial charge on any atom is 0.408 e. The highest BCUT2D eigenvalue weighted by atomic mass is 16.6. The van der Waals surface area contributed by atoms with Crippen LogP contribution in [-0.4, -0.2) is 30.3 Å². The van der Waals surface area contributed by atoms with Gasteiger partial charge in [0.2, 0.25) is 0 Å². The molecule has 0 spiro atoms. The standard InChI is InChI=1S/C13H23NO4/c1-7-8-17-12(16)14-10(9(2)3)11(15)18-13(4,5)6/h7,9-10H,1,8H2,2-6H3,(H,14,16)/t10-/m0/s1. The highest BCUT2D eigenvalue weighted by Crippen LogP contribution is 2.12. The Labute approximate surface area is 109 Å². The van der Waals surface area contributed by atoms with Gasteiger partial charge in [-0.2, -0.15) is 0 Å². The quantitative estimate of drug-likeness (QED) is 0.606. The average Bonchev–Trinajstić information content (AvgIpc) is 2.19. The molecule has 0 aliphatic carbocycles. The molecule has 0 heterocycles. The van der Waals surface area contributed by atoms with Gasteiger partial charge < -0.3 is 14.8 Å². The second-order valence-corrected chi connectivity index (χ2v) is 5.29.